The molecular formula is C24H24N2O2. The van der Waals surface area contributed by atoms with Crippen LogP contribution in [0.5, 0.6) is 0 Å². The zero-order valence-corrected chi connectivity index (χ0v) is 15.8. The molecule has 0 aliphatic carbocycles. The minimum atomic E-state index is -0.625. The first kappa shape index (κ1) is 19.4. The van der Waals surface area contributed by atoms with Crippen LogP contribution in [0.3, 0.4) is 0 Å². The molecule has 1 atom stereocenters. The van der Waals surface area contributed by atoms with E-state index >= 15 is 0 Å². The van der Waals surface area contributed by atoms with E-state index in [2.05, 4.69) is 34.9 Å². The van der Waals surface area contributed by atoms with Crippen molar-refractivity contribution in [1.29, 1.82) is 0 Å². The highest BCUT2D eigenvalue weighted by molar-refractivity contribution is 5.97. The first-order valence-electron chi connectivity index (χ1n) is 9.38. The van der Waals surface area contributed by atoms with E-state index < -0.39 is 6.04 Å². The summed E-state index contributed by atoms with van der Waals surface area (Å²) < 4.78 is 0. The highest BCUT2D eigenvalue weighted by atomic mass is 16.2. The molecule has 4 nitrogen and oxygen atoms in total. The maximum Gasteiger partial charge on any atom is 0.251 e. The molecule has 3 aromatic carbocycles. The summed E-state index contributed by atoms with van der Waals surface area (Å²) in [4.78, 5) is 24.8. The first-order chi connectivity index (χ1) is 13.6. The molecule has 0 saturated heterocycles. The van der Waals surface area contributed by atoms with Crippen LogP contribution in [0.25, 0.3) is 0 Å². The summed E-state index contributed by atoms with van der Waals surface area (Å²) in [6, 6.07) is 28.4. The lowest BCUT2D eigenvalue weighted by Crippen LogP contribution is -2.45. The Hall–Kier alpha value is -3.40. The second-order valence-corrected chi connectivity index (χ2v) is 6.68. The molecule has 0 fully saturated rings. The summed E-state index contributed by atoms with van der Waals surface area (Å²) in [5.41, 5.74) is 2.80. The number of carbonyl (C=O) groups excluding carboxylic acids is 2. The van der Waals surface area contributed by atoms with Crippen molar-refractivity contribution in [3.05, 3.63) is 108 Å². The number of nitrogens with one attached hydrogen (secondary N) is 2. The number of benzene rings is 3. The van der Waals surface area contributed by atoms with E-state index in [1.54, 1.807) is 31.2 Å². The molecule has 0 saturated carbocycles. The molecule has 2 amide bonds. The monoisotopic (exact) mass is 372 g/mol. The van der Waals surface area contributed by atoms with Gasteiger partial charge in [0.05, 0.1) is 0 Å². The van der Waals surface area contributed by atoms with Crippen molar-refractivity contribution in [2.75, 3.05) is 6.54 Å². The topological polar surface area (TPSA) is 58.2 Å². The van der Waals surface area contributed by atoms with E-state index in [4.69, 9.17) is 0 Å². The van der Waals surface area contributed by atoms with Crippen molar-refractivity contribution < 1.29 is 9.59 Å². The third kappa shape index (κ3) is 5.07. The molecule has 1 unspecified atom stereocenters. The minimum absolute atomic E-state index is 0.0448. The van der Waals surface area contributed by atoms with Gasteiger partial charge in [-0.3, -0.25) is 9.59 Å². The van der Waals surface area contributed by atoms with Crippen LogP contribution in [0.15, 0.2) is 91.0 Å². The Morgan fingerprint density at radius 3 is 1.71 bits per heavy atom. The SMILES string of the molecule is CC(NC(=O)c1ccccc1)C(=O)NCC(c1ccccc1)c1ccccc1. The lowest BCUT2D eigenvalue weighted by atomic mass is 9.91. The van der Waals surface area contributed by atoms with Gasteiger partial charge in [-0.15, -0.1) is 0 Å². The Bertz CT molecular complexity index is 856. The average molecular weight is 372 g/mol. The Labute approximate surface area is 165 Å². The lowest BCUT2D eigenvalue weighted by molar-refractivity contribution is -0.122. The number of hydrogen-bond acceptors (Lipinski definition) is 2. The molecule has 3 aromatic rings. The molecule has 3 rings (SSSR count). The lowest BCUT2D eigenvalue weighted by Gasteiger charge is -2.21. The predicted octanol–water partition coefficient (Wildman–Crippen LogP) is 3.75. The van der Waals surface area contributed by atoms with Gasteiger partial charge in [-0.1, -0.05) is 78.9 Å². The van der Waals surface area contributed by atoms with Gasteiger partial charge in [-0.05, 0) is 30.2 Å². The largest absolute Gasteiger partial charge is 0.353 e. The molecule has 142 valence electrons. The van der Waals surface area contributed by atoms with E-state index in [0.717, 1.165) is 11.1 Å². The van der Waals surface area contributed by atoms with Crippen LogP contribution < -0.4 is 10.6 Å². The fourth-order valence-electron chi connectivity index (χ4n) is 3.09. The average Bonchev–Trinajstić information content (AvgIpc) is 2.76. The van der Waals surface area contributed by atoms with Crippen molar-refractivity contribution in [3.8, 4) is 0 Å². The third-order valence-electron chi connectivity index (χ3n) is 4.66. The highest BCUT2D eigenvalue weighted by Crippen LogP contribution is 2.23. The van der Waals surface area contributed by atoms with Crippen molar-refractivity contribution in [2.24, 2.45) is 0 Å². The van der Waals surface area contributed by atoms with Gasteiger partial charge in [0.15, 0.2) is 0 Å². The van der Waals surface area contributed by atoms with Crippen LogP contribution in [-0.2, 0) is 4.79 Å². The maximum atomic E-state index is 12.6. The normalized spacial score (nSPS) is 11.6. The Morgan fingerprint density at radius 1 is 0.750 bits per heavy atom. The van der Waals surface area contributed by atoms with Gasteiger partial charge in [0, 0.05) is 18.0 Å². The molecule has 2 N–H and O–H groups in total. The fraction of sp³-hybridized carbons (Fsp3) is 0.167. The Balaban J connectivity index is 1.64. The van der Waals surface area contributed by atoms with E-state index in [1.807, 2.05) is 42.5 Å². The molecule has 0 radical (unpaired) electrons. The molecule has 0 spiro atoms. The van der Waals surface area contributed by atoms with E-state index in [1.165, 1.54) is 0 Å². The van der Waals surface area contributed by atoms with Crippen LogP contribution in [-0.4, -0.2) is 24.4 Å². The molecular weight excluding hydrogens is 348 g/mol. The third-order valence-corrected chi connectivity index (χ3v) is 4.66. The van der Waals surface area contributed by atoms with Gasteiger partial charge < -0.3 is 10.6 Å². The van der Waals surface area contributed by atoms with Crippen LogP contribution in [0.4, 0.5) is 0 Å². The Morgan fingerprint density at radius 2 is 1.21 bits per heavy atom. The quantitative estimate of drug-likeness (QED) is 0.664. The van der Waals surface area contributed by atoms with Crippen molar-refractivity contribution in [3.63, 3.8) is 0 Å². The number of carbonyl (C=O) groups is 2. The standard InChI is InChI=1S/C24H24N2O2/c1-18(26-24(28)21-15-9-4-10-16-21)23(27)25-17-22(19-11-5-2-6-12-19)20-13-7-3-8-14-20/h2-16,18,22H,17H2,1H3,(H,25,27)(H,26,28). The van der Waals surface area contributed by atoms with Gasteiger partial charge in [-0.25, -0.2) is 0 Å². The van der Waals surface area contributed by atoms with Gasteiger partial charge in [0.25, 0.3) is 5.91 Å². The molecule has 0 aliphatic heterocycles. The summed E-state index contributed by atoms with van der Waals surface area (Å²) in [6.45, 7) is 2.15. The molecule has 4 heteroatoms. The smallest absolute Gasteiger partial charge is 0.251 e. The summed E-state index contributed by atoms with van der Waals surface area (Å²) in [5, 5.41) is 5.73. The van der Waals surface area contributed by atoms with E-state index in [0.29, 0.717) is 12.1 Å². The summed E-state index contributed by atoms with van der Waals surface area (Å²) in [7, 11) is 0. The maximum absolute atomic E-state index is 12.6. The second-order valence-electron chi connectivity index (χ2n) is 6.68. The second kappa shape index (κ2) is 9.51. The van der Waals surface area contributed by atoms with Gasteiger partial charge in [0.1, 0.15) is 6.04 Å². The Kier molecular flexibility index (Phi) is 6.58. The van der Waals surface area contributed by atoms with Crippen molar-refractivity contribution >= 4 is 11.8 Å². The molecule has 28 heavy (non-hydrogen) atoms. The van der Waals surface area contributed by atoms with Crippen molar-refractivity contribution in [1.82, 2.24) is 10.6 Å². The van der Waals surface area contributed by atoms with Gasteiger partial charge in [0.2, 0.25) is 5.91 Å². The van der Waals surface area contributed by atoms with Crippen molar-refractivity contribution in [2.45, 2.75) is 18.9 Å². The molecule has 0 aliphatic rings. The molecule has 0 bridgehead atoms. The molecule has 0 aromatic heterocycles. The molecule has 0 heterocycles. The van der Waals surface area contributed by atoms with Crippen LogP contribution in [0, 0.1) is 0 Å². The highest BCUT2D eigenvalue weighted by Gasteiger charge is 2.19. The van der Waals surface area contributed by atoms with Crippen LogP contribution in [0.2, 0.25) is 0 Å². The first-order valence-corrected chi connectivity index (χ1v) is 9.38. The summed E-state index contributed by atoms with van der Waals surface area (Å²) in [5.74, 6) is -0.421. The number of amides is 2. The van der Waals surface area contributed by atoms with Crippen LogP contribution >= 0.6 is 0 Å². The van der Waals surface area contributed by atoms with Gasteiger partial charge >= 0.3 is 0 Å². The zero-order chi connectivity index (χ0) is 19.8. The minimum Gasteiger partial charge on any atom is -0.353 e. The number of rotatable bonds is 7. The number of hydrogen-bond donors (Lipinski definition) is 2. The summed E-state index contributed by atoms with van der Waals surface area (Å²) in [6.07, 6.45) is 0. The zero-order valence-electron chi connectivity index (χ0n) is 15.8. The van der Waals surface area contributed by atoms with E-state index in [-0.39, 0.29) is 17.7 Å². The summed E-state index contributed by atoms with van der Waals surface area (Å²) >= 11 is 0. The van der Waals surface area contributed by atoms with E-state index in [9.17, 15) is 9.59 Å². The predicted molar refractivity (Wildman–Crippen MR) is 111 cm³/mol. The van der Waals surface area contributed by atoms with Crippen LogP contribution in [0.1, 0.15) is 34.3 Å². The fourth-order valence-corrected chi connectivity index (χ4v) is 3.09. The van der Waals surface area contributed by atoms with Gasteiger partial charge in [-0.2, -0.15) is 0 Å².